The molecule has 0 amide bonds. The largest absolute Gasteiger partial charge is 0.197 e. The van der Waals surface area contributed by atoms with E-state index >= 15 is 0 Å². The normalized spacial score (nSPS) is 0. The average molecular weight is 168 g/mol. The third-order valence-electron chi connectivity index (χ3n) is 0. The molecule has 6 heavy (non-hydrogen) atoms. The first-order valence-electron chi connectivity index (χ1n) is 0. The van der Waals surface area contributed by atoms with Crippen LogP contribution in [0.25, 0.3) is 0 Å². The quantitative estimate of drug-likeness (QED) is 0.517. The summed E-state index contributed by atoms with van der Waals surface area (Å²) >= 11 is 0. The van der Waals surface area contributed by atoms with Gasteiger partial charge in [0.15, 0.2) is 0 Å². The van der Waals surface area contributed by atoms with Crippen LogP contribution in [-0.2, 0) is 0 Å². The van der Waals surface area contributed by atoms with Crippen LogP contribution in [0.2, 0.25) is 0 Å². The second-order valence-corrected chi connectivity index (χ2v) is 0. The molecule has 0 saturated heterocycles. The van der Waals surface area contributed by atoms with Crippen LogP contribution in [0.1, 0.15) is 14.9 Å². The van der Waals surface area contributed by atoms with E-state index in [1.165, 1.54) is 0 Å². The van der Waals surface area contributed by atoms with Crippen LogP contribution in [0.5, 0.6) is 0 Å². The molecule has 0 aromatic rings. The second-order valence-electron chi connectivity index (χ2n) is 0. The van der Waals surface area contributed by atoms with Gasteiger partial charge in [0, 0.05) is 0 Å². The minimum atomic E-state index is 0. The van der Waals surface area contributed by atoms with Crippen molar-refractivity contribution >= 4 is 54.0 Å². The van der Waals surface area contributed by atoms with Crippen LogP contribution in [0.4, 0.5) is 0 Å². The van der Waals surface area contributed by atoms with Crippen molar-refractivity contribution < 1.29 is 0 Å². The Morgan fingerprint density at radius 3 is 0.333 bits per heavy atom. The van der Waals surface area contributed by atoms with Gasteiger partial charge in [-0.3, -0.25) is 0 Å². The molecule has 0 saturated carbocycles. The number of rotatable bonds is 0. The fourth-order valence-corrected chi connectivity index (χ4v) is 0. The highest BCUT2D eigenvalue weighted by molar-refractivity contribution is 7.59. The van der Waals surface area contributed by atoms with Crippen molar-refractivity contribution in [2.24, 2.45) is 0 Å². The first kappa shape index (κ1) is 155. The molecule has 0 nitrogen and oxygen atoms in total. The fraction of sp³-hybridized carbons (Fsp3) is 1.00. The van der Waals surface area contributed by atoms with Gasteiger partial charge in [0.1, 0.15) is 0 Å². The molecular formula is C2H16S4. The molecule has 0 unspecified atom stereocenters. The third-order valence-corrected chi connectivity index (χ3v) is 0. The summed E-state index contributed by atoms with van der Waals surface area (Å²) in [6, 6.07) is 0. The van der Waals surface area contributed by atoms with Gasteiger partial charge in [-0.2, -0.15) is 54.0 Å². The Morgan fingerprint density at radius 1 is 0.333 bits per heavy atom. The van der Waals surface area contributed by atoms with E-state index in [1.807, 2.05) is 0 Å². The van der Waals surface area contributed by atoms with Crippen LogP contribution >= 0.6 is 54.0 Å². The zero-order chi connectivity index (χ0) is 0. The maximum absolute atomic E-state index is 0. The smallest absolute Gasteiger partial charge is 0.0776 e. The summed E-state index contributed by atoms with van der Waals surface area (Å²) in [7, 11) is 0. The monoisotopic (exact) mass is 168 g/mol. The van der Waals surface area contributed by atoms with E-state index in [0.29, 0.717) is 0 Å². The molecule has 0 heterocycles. The number of hydrogen-bond acceptors (Lipinski definition) is 0. The zero-order valence-electron chi connectivity index (χ0n) is 2.00. The highest BCUT2D eigenvalue weighted by Crippen LogP contribution is 0.651. The molecule has 0 aliphatic heterocycles. The summed E-state index contributed by atoms with van der Waals surface area (Å²) in [6.07, 6.45) is 0. The predicted octanol–water partition coefficient (Wildman–Crippen LogP) is 1.72. The van der Waals surface area contributed by atoms with E-state index < -0.39 is 0 Å². The van der Waals surface area contributed by atoms with Gasteiger partial charge in [-0.1, -0.05) is 14.9 Å². The Kier molecular flexibility index (Phi) is 2450. The highest BCUT2D eigenvalue weighted by atomic mass is 32.1. The van der Waals surface area contributed by atoms with Crippen molar-refractivity contribution in [1.82, 2.24) is 0 Å². The Labute approximate surface area is 68.9 Å². The molecule has 0 bridgehead atoms. The van der Waals surface area contributed by atoms with Gasteiger partial charge in [-0.05, 0) is 0 Å². The van der Waals surface area contributed by atoms with Crippen LogP contribution < -0.4 is 0 Å². The Hall–Kier alpha value is 1.40. The molecule has 0 atom stereocenters. The molecule has 0 radical (unpaired) electrons. The van der Waals surface area contributed by atoms with Gasteiger partial charge >= 0.3 is 0 Å². The summed E-state index contributed by atoms with van der Waals surface area (Å²) in [6.45, 7) is 0. The lowest BCUT2D eigenvalue weighted by Crippen LogP contribution is 0.143. The molecular weight excluding hydrogens is 152 g/mol. The highest BCUT2D eigenvalue weighted by Gasteiger charge is -0.0765. The molecule has 0 spiro atoms. The Morgan fingerprint density at radius 2 is 0.333 bits per heavy atom. The van der Waals surface area contributed by atoms with E-state index in [-0.39, 0.29) is 68.8 Å². The SMILES string of the molecule is C.C.S.S.S.S. The third kappa shape index (κ3) is 53.3. The van der Waals surface area contributed by atoms with E-state index in [1.54, 1.807) is 0 Å². The summed E-state index contributed by atoms with van der Waals surface area (Å²) in [4.78, 5) is 0. The Balaban J connectivity index is 0. The van der Waals surface area contributed by atoms with Crippen molar-refractivity contribution in [3.63, 3.8) is 0 Å². The first-order valence-corrected chi connectivity index (χ1v) is 0. The standard InChI is InChI=1S/2CH4.4H2S/h2*1H4;4*1H2. The van der Waals surface area contributed by atoms with Crippen molar-refractivity contribution in [2.45, 2.75) is 14.9 Å². The molecule has 0 aromatic heterocycles. The van der Waals surface area contributed by atoms with Gasteiger partial charge in [0.05, 0.1) is 0 Å². The summed E-state index contributed by atoms with van der Waals surface area (Å²) in [5, 5.41) is 0. The summed E-state index contributed by atoms with van der Waals surface area (Å²) < 4.78 is 0. The first-order chi connectivity index (χ1) is 0. The van der Waals surface area contributed by atoms with Crippen LogP contribution in [0.3, 0.4) is 0 Å². The summed E-state index contributed by atoms with van der Waals surface area (Å²) in [5.41, 5.74) is 0. The average Bonchev–Trinajstić information content (AvgIpc) is 0. The molecule has 0 aromatic carbocycles. The second kappa shape index (κ2) is 95.2. The van der Waals surface area contributed by atoms with Gasteiger partial charge in [-0.15, -0.1) is 0 Å². The molecule has 0 rings (SSSR count). The van der Waals surface area contributed by atoms with Crippen molar-refractivity contribution in [2.75, 3.05) is 0 Å². The fourth-order valence-electron chi connectivity index (χ4n) is 0. The Bertz CT molecular complexity index is 5.51. The van der Waals surface area contributed by atoms with Crippen LogP contribution in [-0.4, -0.2) is 0 Å². The lowest BCUT2D eigenvalue weighted by molar-refractivity contribution is 2.50. The molecule has 0 aliphatic carbocycles. The van der Waals surface area contributed by atoms with Crippen molar-refractivity contribution in [3.05, 3.63) is 0 Å². The maximum atomic E-state index is 0. The van der Waals surface area contributed by atoms with Gasteiger partial charge in [0.2, 0.25) is 0 Å². The topological polar surface area (TPSA) is 0 Å². The maximum Gasteiger partial charge on any atom is -0.0776 e. The summed E-state index contributed by atoms with van der Waals surface area (Å²) in [5.74, 6) is 0. The molecule has 48 valence electrons. The minimum Gasteiger partial charge on any atom is -0.197 e. The molecule has 0 fully saturated rings. The minimum absolute atomic E-state index is 0. The van der Waals surface area contributed by atoms with E-state index in [2.05, 4.69) is 0 Å². The van der Waals surface area contributed by atoms with Crippen LogP contribution in [0, 0.1) is 0 Å². The van der Waals surface area contributed by atoms with Gasteiger partial charge < -0.3 is 0 Å². The van der Waals surface area contributed by atoms with E-state index in [0.717, 1.165) is 0 Å². The van der Waals surface area contributed by atoms with Crippen LogP contribution in [0.15, 0.2) is 0 Å². The van der Waals surface area contributed by atoms with E-state index in [9.17, 15) is 0 Å². The van der Waals surface area contributed by atoms with Gasteiger partial charge in [0.25, 0.3) is 0 Å². The lowest BCUT2D eigenvalue weighted by atomic mass is 12.0. The predicted molar refractivity (Wildman–Crippen MR) is 55.0 cm³/mol. The lowest BCUT2D eigenvalue weighted by Gasteiger charge is -0.198. The molecule has 4 heteroatoms. The molecule has 0 N–H and O–H groups in total. The number of hydrogen-bond donors (Lipinski definition) is 0. The van der Waals surface area contributed by atoms with E-state index in [4.69, 9.17) is 0 Å². The molecule has 0 aliphatic rings. The zero-order valence-corrected chi connectivity index (χ0v) is 6.00. The van der Waals surface area contributed by atoms with Crippen molar-refractivity contribution in [3.8, 4) is 0 Å². The van der Waals surface area contributed by atoms with Crippen molar-refractivity contribution in [1.29, 1.82) is 0 Å². The van der Waals surface area contributed by atoms with Gasteiger partial charge in [-0.25, -0.2) is 0 Å².